The third-order valence-electron chi connectivity index (χ3n) is 2.10. The van der Waals surface area contributed by atoms with Gasteiger partial charge in [0.25, 0.3) is 0 Å². The van der Waals surface area contributed by atoms with Crippen LogP contribution in [0, 0.1) is 0 Å². The minimum Gasteiger partial charge on any atom is -0.314 e. The Kier molecular flexibility index (Phi) is 7.68. The van der Waals surface area contributed by atoms with Crippen molar-refractivity contribution < 1.29 is 13.6 Å². The van der Waals surface area contributed by atoms with E-state index in [-0.39, 0.29) is 12.4 Å². The highest BCUT2D eigenvalue weighted by molar-refractivity contribution is 7.54. The lowest BCUT2D eigenvalue weighted by Crippen LogP contribution is -2.14. The van der Waals surface area contributed by atoms with Gasteiger partial charge in [0.15, 0.2) is 0 Å². The molecular weight excluding hydrogens is 261 g/mol. The van der Waals surface area contributed by atoms with Gasteiger partial charge in [0.1, 0.15) is 5.78 Å². The first-order valence-corrected chi connectivity index (χ1v) is 6.94. The standard InChI is InChI=1S/C11H18NO3P.ClH/c1-3-14-16(13,15-4-2)11(12)10-8-6-5-7-9-10;/h5-9,11H,3-4,12H2,1-2H3;1H. The molecule has 0 spiro atoms. The zero-order valence-electron chi connectivity index (χ0n) is 10.0. The van der Waals surface area contributed by atoms with Crippen LogP contribution in [0.2, 0.25) is 0 Å². The van der Waals surface area contributed by atoms with Crippen molar-refractivity contribution in [2.24, 2.45) is 5.73 Å². The van der Waals surface area contributed by atoms with Gasteiger partial charge in [-0.15, -0.1) is 12.4 Å². The Balaban J connectivity index is 0.00000256. The smallest absolute Gasteiger partial charge is 0.314 e. The van der Waals surface area contributed by atoms with Crippen molar-refractivity contribution in [2.75, 3.05) is 13.2 Å². The lowest BCUT2D eigenvalue weighted by molar-refractivity contribution is 0.212. The van der Waals surface area contributed by atoms with Crippen molar-refractivity contribution >= 4 is 20.0 Å². The van der Waals surface area contributed by atoms with E-state index in [1.165, 1.54) is 0 Å². The maximum absolute atomic E-state index is 12.3. The van der Waals surface area contributed by atoms with Gasteiger partial charge in [-0.1, -0.05) is 30.3 Å². The molecule has 2 N–H and O–H groups in total. The summed E-state index contributed by atoms with van der Waals surface area (Å²) in [5.74, 6) is -0.728. The van der Waals surface area contributed by atoms with E-state index in [2.05, 4.69) is 0 Å². The van der Waals surface area contributed by atoms with Crippen molar-refractivity contribution in [3.05, 3.63) is 35.9 Å². The number of nitrogens with two attached hydrogens (primary N) is 1. The van der Waals surface area contributed by atoms with Crippen LogP contribution in [-0.4, -0.2) is 13.2 Å². The molecule has 1 rings (SSSR count). The molecule has 0 radical (unpaired) electrons. The summed E-state index contributed by atoms with van der Waals surface area (Å²) in [6.07, 6.45) is 0. The Morgan fingerprint density at radius 2 is 1.65 bits per heavy atom. The average Bonchev–Trinajstić information content (AvgIpc) is 2.30. The van der Waals surface area contributed by atoms with Crippen LogP contribution in [0.4, 0.5) is 0 Å². The second-order valence-electron chi connectivity index (χ2n) is 3.23. The summed E-state index contributed by atoms with van der Waals surface area (Å²) >= 11 is 0. The topological polar surface area (TPSA) is 61.5 Å². The van der Waals surface area contributed by atoms with Gasteiger partial charge in [-0.2, -0.15) is 0 Å². The van der Waals surface area contributed by atoms with Crippen LogP contribution < -0.4 is 5.73 Å². The molecule has 0 saturated carbocycles. The number of rotatable bonds is 6. The fraction of sp³-hybridized carbons (Fsp3) is 0.455. The number of hydrogen-bond donors (Lipinski definition) is 1. The maximum Gasteiger partial charge on any atom is 0.351 e. The predicted octanol–water partition coefficient (Wildman–Crippen LogP) is 3.33. The van der Waals surface area contributed by atoms with Crippen LogP contribution in [0.1, 0.15) is 25.2 Å². The molecule has 0 aliphatic rings. The first kappa shape index (κ1) is 16.6. The summed E-state index contributed by atoms with van der Waals surface area (Å²) < 4.78 is 22.7. The lowest BCUT2D eigenvalue weighted by Gasteiger charge is -2.23. The van der Waals surface area contributed by atoms with E-state index in [1.54, 1.807) is 13.8 Å². The molecule has 4 nitrogen and oxygen atoms in total. The van der Waals surface area contributed by atoms with Gasteiger partial charge in [0, 0.05) is 0 Å². The average molecular weight is 280 g/mol. The molecule has 0 amide bonds. The van der Waals surface area contributed by atoms with E-state index in [0.29, 0.717) is 13.2 Å². The molecule has 1 atom stereocenters. The molecule has 1 unspecified atom stereocenters. The van der Waals surface area contributed by atoms with E-state index in [4.69, 9.17) is 14.8 Å². The summed E-state index contributed by atoms with van der Waals surface area (Å²) in [5.41, 5.74) is 6.69. The molecule has 0 saturated heterocycles. The van der Waals surface area contributed by atoms with Crippen LogP contribution >= 0.6 is 20.0 Å². The SMILES string of the molecule is CCOP(=O)(OCC)C(N)c1ccccc1.Cl. The van der Waals surface area contributed by atoms with E-state index in [1.807, 2.05) is 30.3 Å². The van der Waals surface area contributed by atoms with Gasteiger partial charge in [-0.05, 0) is 19.4 Å². The third-order valence-corrected chi connectivity index (χ3v) is 4.32. The number of halogens is 1. The first-order chi connectivity index (χ1) is 7.64. The fourth-order valence-corrected chi connectivity index (χ4v) is 3.04. The van der Waals surface area contributed by atoms with E-state index in [0.717, 1.165) is 5.56 Å². The zero-order chi connectivity index (χ0) is 12.0. The van der Waals surface area contributed by atoms with Gasteiger partial charge in [0.2, 0.25) is 0 Å². The highest BCUT2D eigenvalue weighted by Gasteiger charge is 2.33. The summed E-state index contributed by atoms with van der Waals surface area (Å²) in [5, 5.41) is 0. The van der Waals surface area contributed by atoms with Crippen molar-refractivity contribution in [2.45, 2.75) is 19.6 Å². The Labute approximate surface area is 108 Å². The number of benzene rings is 1. The maximum atomic E-state index is 12.3. The Bertz CT molecular complexity index is 351. The van der Waals surface area contributed by atoms with Gasteiger partial charge < -0.3 is 14.8 Å². The third kappa shape index (κ3) is 4.41. The quantitative estimate of drug-likeness (QED) is 0.811. The summed E-state index contributed by atoms with van der Waals surface area (Å²) in [4.78, 5) is 0. The van der Waals surface area contributed by atoms with Gasteiger partial charge in [0.05, 0.1) is 13.2 Å². The zero-order valence-corrected chi connectivity index (χ0v) is 11.7. The van der Waals surface area contributed by atoms with Crippen LogP contribution in [0.25, 0.3) is 0 Å². The fourth-order valence-electron chi connectivity index (χ4n) is 1.39. The largest absolute Gasteiger partial charge is 0.351 e. The molecule has 1 aromatic rings. The molecule has 0 aliphatic heterocycles. The minimum absolute atomic E-state index is 0. The van der Waals surface area contributed by atoms with E-state index < -0.39 is 13.4 Å². The molecule has 6 heteroatoms. The predicted molar refractivity (Wildman–Crippen MR) is 71.5 cm³/mol. The molecule has 0 fully saturated rings. The summed E-state index contributed by atoms with van der Waals surface area (Å²) in [6, 6.07) is 9.20. The molecule has 17 heavy (non-hydrogen) atoms. The molecule has 0 aliphatic carbocycles. The van der Waals surface area contributed by atoms with Crippen LogP contribution in [0.3, 0.4) is 0 Å². The summed E-state index contributed by atoms with van der Waals surface area (Å²) in [6.45, 7) is 4.17. The van der Waals surface area contributed by atoms with E-state index in [9.17, 15) is 4.57 Å². The minimum atomic E-state index is -3.25. The van der Waals surface area contributed by atoms with Crippen molar-refractivity contribution in [3.63, 3.8) is 0 Å². The molecule has 98 valence electrons. The highest BCUT2D eigenvalue weighted by Crippen LogP contribution is 2.58. The normalized spacial score (nSPS) is 12.9. The van der Waals surface area contributed by atoms with Gasteiger partial charge in [-0.3, -0.25) is 4.57 Å². The molecule has 0 bridgehead atoms. The van der Waals surface area contributed by atoms with Crippen molar-refractivity contribution in [1.29, 1.82) is 0 Å². The number of hydrogen-bond acceptors (Lipinski definition) is 4. The first-order valence-electron chi connectivity index (χ1n) is 5.33. The van der Waals surface area contributed by atoms with Gasteiger partial charge in [-0.25, -0.2) is 0 Å². The molecule has 0 aromatic heterocycles. The van der Waals surface area contributed by atoms with Crippen LogP contribution in [-0.2, 0) is 13.6 Å². The highest BCUT2D eigenvalue weighted by atomic mass is 35.5. The molecular formula is C11H19ClNO3P. The monoisotopic (exact) mass is 279 g/mol. The summed E-state index contributed by atoms with van der Waals surface area (Å²) in [7, 11) is -3.25. The van der Waals surface area contributed by atoms with E-state index >= 15 is 0 Å². The van der Waals surface area contributed by atoms with Crippen molar-refractivity contribution in [3.8, 4) is 0 Å². The lowest BCUT2D eigenvalue weighted by atomic mass is 10.2. The Morgan fingerprint density at radius 3 is 2.06 bits per heavy atom. The second kappa shape index (κ2) is 7.85. The van der Waals surface area contributed by atoms with Crippen LogP contribution in [0.15, 0.2) is 30.3 Å². The molecule has 0 heterocycles. The van der Waals surface area contributed by atoms with Gasteiger partial charge >= 0.3 is 7.60 Å². The molecule has 1 aromatic carbocycles. The van der Waals surface area contributed by atoms with Crippen molar-refractivity contribution in [1.82, 2.24) is 0 Å². The Hall–Kier alpha value is -0.380. The second-order valence-corrected chi connectivity index (χ2v) is 5.38. The van der Waals surface area contributed by atoms with Crippen LogP contribution in [0.5, 0.6) is 0 Å². The Morgan fingerprint density at radius 1 is 1.18 bits per heavy atom.